The molecule has 0 amide bonds. The monoisotopic (exact) mass is 366 g/mol. The fourth-order valence-electron chi connectivity index (χ4n) is 1.95. The Balaban J connectivity index is 1.98. The lowest BCUT2D eigenvalue weighted by molar-refractivity contribution is -0.161. The van der Waals surface area contributed by atoms with Gasteiger partial charge in [0, 0.05) is 10.9 Å². The van der Waals surface area contributed by atoms with Gasteiger partial charge < -0.3 is 9.47 Å². The van der Waals surface area contributed by atoms with Crippen LogP contribution < -0.4 is 0 Å². The number of carbonyl (C=O) groups excluding carboxylic acids is 2. The van der Waals surface area contributed by atoms with Crippen LogP contribution in [0.15, 0.2) is 34.8 Å². The SMILES string of the molecule is CC(C)(C)C(=O)OCC1CC=C(c2ccc(Br)cc2)C(=O)O1. The summed E-state index contributed by atoms with van der Waals surface area (Å²) in [5.74, 6) is -0.684. The molecule has 0 radical (unpaired) electrons. The second-order valence-corrected chi connectivity index (χ2v) is 7.15. The van der Waals surface area contributed by atoms with Gasteiger partial charge in [-0.3, -0.25) is 4.79 Å². The number of carbonyl (C=O) groups is 2. The van der Waals surface area contributed by atoms with Gasteiger partial charge in [0.05, 0.1) is 11.0 Å². The summed E-state index contributed by atoms with van der Waals surface area (Å²) in [6.45, 7) is 5.45. The molecule has 0 aliphatic carbocycles. The number of halogens is 1. The van der Waals surface area contributed by atoms with E-state index in [0.717, 1.165) is 10.0 Å². The van der Waals surface area contributed by atoms with Crippen LogP contribution in [0.4, 0.5) is 0 Å². The molecule has 22 heavy (non-hydrogen) atoms. The van der Waals surface area contributed by atoms with Crippen LogP contribution in [0, 0.1) is 5.41 Å². The van der Waals surface area contributed by atoms with E-state index in [-0.39, 0.29) is 18.5 Å². The predicted molar refractivity (Wildman–Crippen MR) is 87.0 cm³/mol. The van der Waals surface area contributed by atoms with E-state index in [2.05, 4.69) is 15.9 Å². The van der Waals surface area contributed by atoms with Crippen LogP contribution in [0.25, 0.3) is 5.57 Å². The van der Waals surface area contributed by atoms with E-state index in [1.807, 2.05) is 30.3 Å². The number of benzene rings is 1. The fourth-order valence-corrected chi connectivity index (χ4v) is 2.21. The van der Waals surface area contributed by atoms with Gasteiger partial charge in [-0.15, -0.1) is 0 Å². The molecule has 1 aliphatic rings. The summed E-state index contributed by atoms with van der Waals surface area (Å²) in [6, 6.07) is 7.47. The first-order valence-corrected chi connectivity index (χ1v) is 7.91. The van der Waals surface area contributed by atoms with Crippen molar-refractivity contribution in [2.75, 3.05) is 6.61 Å². The Morgan fingerprint density at radius 2 is 1.95 bits per heavy atom. The smallest absolute Gasteiger partial charge is 0.338 e. The maximum Gasteiger partial charge on any atom is 0.338 e. The van der Waals surface area contributed by atoms with Crippen molar-refractivity contribution < 1.29 is 19.1 Å². The van der Waals surface area contributed by atoms with Crippen LogP contribution in [0.3, 0.4) is 0 Å². The highest BCUT2D eigenvalue weighted by molar-refractivity contribution is 9.10. The Kier molecular flexibility index (Phi) is 5.06. The average molecular weight is 367 g/mol. The molecule has 118 valence electrons. The number of hydrogen-bond donors (Lipinski definition) is 0. The van der Waals surface area contributed by atoms with Gasteiger partial charge in [-0.1, -0.05) is 34.1 Å². The molecule has 2 rings (SSSR count). The van der Waals surface area contributed by atoms with Crippen molar-refractivity contribution in [3.63, 3.8) is 0 Å². The van der Waals surface area contributed by atoms with Gasteiger partial charge in [0.15, 0.2) is 0 Å². The first-order chi connectivity index (χ1) is 10.3. The van der Waals surface area contributed by atoms with Gasteiger partial charge in [-0.2, -0.15) is 0 Å². The molecule has 0 spiro atoms. The minimum absolute atomic E-state index is 0.0892. The molecule has 1 heterocycles. The lowest BCUT2D eigenvalue weighted by atomic mass is 9.97. The molecule has 0 bridgehead atoms. The quantitative estimate of drug-likeness (QED) is 0.764. The van der Waals surface area contributed by atoms with Crippen molar-refractivity contribution in [2.24, 2.45) is 5.41 Å². The highest BCUT2D eigenvalue weighted by atomic mass is 79.9. The molecule has 1 aromatic rings. The Labute approximate surface area is 138 Å². The fraction of sp³-hybridized carbons (Fsp3) is 0.412. The number of hydrogen-bond acceptors (Lipinski definition) is 4. The maximum absolute atomic E-state index is 12.1. The predicted octanol–water partition coefficient (Wildman–Crippen LogP) is 3.74. The normalized spacial score (nSPS) is 18.5. The first-order valence-electron chi connectivity index (χ1n) is 7.11. The summed E-state index contributed by atoms with van der Waals surface area (Å²) in [7, 11) is 0. The molecule has 1 unspecified atom stereocenters. The zero-order valence-electron chi connectivity index (χ0n) is 12.9. The van der Waals surface area contributed by atoms with Gasteiger partial charge in [0.2, 0.25) is 0 Å². The summed E-state index contributed by atoms with van der Waals surface area (Å²) < 4.78 is 11.5. The van der Waals surface area contributed by atoms with Crippen LogP contribution >= 0.6 is 15.9 Å². The van der Waals surface area contributed by atoms with Crippen molar-refractivity contribution >= 4 is 33.4 Å². The van der Waals surface area contributed by atoms with E-state index in [1.54, 1.807) is 20.8 Å². The summed E-state index contributed by atoms with van der Waals surface area (Å²) >= 11 is 3.36. The molecular weight excluding hydrogens is 348 g/mol. The average Bonchev–Trinajstić information content (AvgIpc) is 2.45. The van der Waals surface area contributed by atoms with Crippen molar-refractivity contribution in [3.05, 3.63) is 40.4 Å². The third-order valence-corrected chi connectivity index (χ3v) is 3.78. The van der Waals surface area contributed by atoms with Crippen LogP contribution in [-0.2, 0) is 19.1 Å². The Bertz CT molecular complexity index is 596. The largest absolute Gasteiger partial charge is 0.461 e. The van der Waals surface area contributed by atoms with E-state index in [4.69, 9.17) is 9.47 Å². The zero-order chi connectivity index (χ0) is 16.3. The zero-order valence-corrected chi connectivity index (χ0v) is 14.5. The molecule has 0 aromatic heterocycles. The molecule has 5 heteroatoms. The molecule has 0 saturated heterocycles. The second kappa shape index (κ2) is 6.65. The maximum atomic E-state index is 12.1. The van der Waals surface area contributed by atoms with Gasteiger partial charge >= 0.3 is 11.9 Å². The third-order valence-electron chi connectivity index (χ3n) is 3.25. The van der Waals surface area contributed by atoms with Gasteiger partial charge in [-0.25, -0.2) is 4.79 Å². The summed E-state index contributed by atoms with van der Waals surface area (Å²) in [6.07, 6.45) is 1.96. The number of ether oxygens (including phenoxy) is 2. The van der Waals surface area contributed by atoms with Gasteiger partial charge in [0.1, 0.15) is 12.7 Å². The van der Waals surface area contributed by atoms with Gasteiger partial charge in [0.25, 0.3) is 0 Å². The Morgan fingerprint density at radius 1 is 1.32 bits per heavy atom. The molecule has 0 saturated carbocycles. The van der Waals surface area contributed by atoms with Crippen LogP contribution in [0.5, 0.6) is 0 Å². The molecule has 1 atom stereocenters. The van der Waals surface area contributed by atoms with E-state index in [0.29, 0.717) is 12.0 Å². The van der Waals surface area contributed by atoms with Crippen molar-refractivity contribution in [1.29, 1.82) is 0 Å². The lowest BCUT2D eigenvalue weighted by Crippen LogP contribution is -2.31. The van der Waals surface area contributed by atoms with Crippen molar-refractivity contribution in [1.82, 2.24) is 0 Å². The molecule has 0 fully saturated rings. The molecule has 0 N–H and O–H groups in total. The molecular formula is C17H19BrO4. The summed E-state index contributed by atoms with van der Waals surface area (Å²) in [5.41, 5.74) is 0.807. The Morgan fingerprint density at radius 3 is 2.50 bits per heavy atom. The van der Waals surface area contributed by atoms with E-state index in [9.17, 15) is 9.59 Å². The first kappa shape index (κ1) is 16.7. The van der Waals surface area contributed by atoms with Crippen LogP contribution in [-0.4, -0.2) is 24.6 Å². The van der Waals surface area contributed by atoms with Crippen LogP contribution in [0.2, 0.25) is 0 Å². The lowest BCUT2D eigenvalue weighted by Gasteiger charge is -2.24. The van der Waals surface area contributed by atoms with E-state index in [1.165, 1.54) is 0 Å². The molecule has 1 aromatic carbocycles. The third kappa shape index (κ3) is 4.19. The summed E-state index contributed by atoms with van der Waals surface area (Å²) in [5, 5.41) is 0. The van der Waals surface area contributed by atoms with E-state index >= 15 is 0 Å². The van der Waals surface area contributed by atoms with Gasteiger partial charge in [-0.05, 0) is 38.5 Å². The molecule has 1 aliphatic heterocycles. The molecule has 4 nitrogen and oxygen atoms in total. The van der Waals surface area contributed by atoms with E-state index < -0.39 is 11.5 Å². The van der Waals surface area contributed by atoms with Crippen LogP contribution in [0.1, 0.15) is 32.8 Å². The number of cyclic esters (lactones) is 1. The summed E-state index contributed by atoms with van der Waals surface area (Å²) in [4.78, 5) is 23.8. The minimum atomic E-state index is -0.558. The number of rotatable bonds is 3. The van der Waals surface area contributed by atoms with Crippen molar-refractivity contribution in [2.45, 2.75) is 33.3 Å². The second-order valence-electron chi connectivity index (χ2n) is 6.24. The number of esters is 2. The highest BCUT2D eigenvalue weighted by Crippen LogP contribution is 2.25. The topological polar surface area (TPSA) is 52.6 Å². The van der Waals surface area contributed by atoms with Crippen molar-refractivity contribution in [3.8, 4) is 0 Å². The minimum Gasteiger partial charge on any atom is -0.461 e. The Hall–Kier alpha value is -1.62. The standard InChI is InChI=1S/C17H19BrO4/c1-17(2,3)16(20)21-10-13-8-9-14(15(19)22-13)11-4-6-12(18)7-5-11/h4-7,9,13H,8,10H2,1-3H3. The highest BCUT2D eigenvalue weighted by Gasteiger charge is 2.28.